The lowest BCUT2D eigenvalue weighted by molar-refractivity contribution is 0.0696. The average molecular weight is 310 g/mol. The van der Waals surface area contributed by atoms with Gasteiger partial charge >= 0.3 is 12.0 Å². The van der Waals surface area contributed by atoms with Crippen LogP contribution in [0.2, 0.25) is 0 Å². The predicted molar refractivity (Wildman–Crippen MR) is 81.4 cm³/mol. The minimum Gasteiger partial charge on any atom is -0.478 e. The molecule has 0 bridgehead atoms. The molecular formula is C14H18N2O4S. The number of anilines is 1. The van der Waals surface area contributed by atoms with Crippen molar-refractivity contribution < 1.29 is 18.9 Å². The van der Waals surface area contributed by atoms with Gasteiger partial charge in [0.1, 0.15) is 0 Å². The quantitative estimate of drug-likeness (QED) is 0.875. The fourth-order valence-electron chi connectivity index (χ4n) is 2.34. The maximum Gasteiger partial charge on any atom is 0.335 e. The summed E-state index contributed by atoms with van der Waals surface area (Å²) in [5.41, 5.74) is 1.86. The van der Waals surface area contributed by atoms with Crippen molar-refractivity contribution in [1.82, 2.24) is 5.32 Å². The van der Waals surface area contributed by atoms with Gasteiger partial charge in [0.15, 0.2) is 0 Å². The molecule has 6 nitrogen and oxygen atoms in total. The van der Waals surface area contributed by atoms with Crippen LogP contribution in [0.15, 0.2) is 18.2 Å². The lowest BCUT2D eigenvalue weighted by atomic mass is 9.99. The standard InChI is InChI=1S/C14H18N2O4S/c1-21(20)8-6-15-14(19)16-7-2-3-10-9-11(13(17)18)4-5-12(10)16/h4-5,9H,2-3,6-8H2,1H3,(H,15,19)(H,17,18). The van der Waals surface area contributed by atoms with Gasteiger partial charge in [-0.25, -0.2) is 9.59 Å². The van der Waals surface area contributed by atoms with Gasteiger partial charge in [-0.15, -0.1) is 0 Å². The summed E-state index contributed by atoms with van der Waals surface area (Å²) in [6.07, 6.45) is 3.15. The Kier molecular flexibility index (Phi) is 4.95. The van der Waals surface area contributed by atoms with Gasteiger partial charge in [-0.3, -0.25) is 9.11 Å². The van der Waals surface area contributed by atoms with Crippen LogP contribution >= 0.6 is 0 Å². The molecule has 114 valence electrons. The molecule has 1 aromatic carbocycles. The number of carbonyl (C=O) groups is 2. The van der Waals surface area contributed by atoms with Gasteiger partial charge in [0.25, 0.3) is 0 Å². The molecule has 1 aromatic rings. The predicted octanol–water partition coefficient (Wildman–Crippen LogP) is 1.23. The van der Waals surface area contributed by atoms with E-state index < -0.39 is 16.8 Å². The summed E-state index contributed by atoms with van der Waals surface area (Å²) < 4.78 is 11.0. The summed E-state index contributed by atoms with van der Waals surface area (Å²) in [6, 6.07) is 4.58. The number of benzene rings is 1. The highest BCUT2D eigenvalue weighted by atomic mass is 32.2. The second-order valence-corrected chi connectivity index (χ2v) is 6.47. The summed E-state index contributed by atoms with van der Waals surface area (Å²) >= 11 is 0. The van der Waals surface area contributed by atoms with Gasteiger partial charge in [0.2, 0.25) is 0 Å². The van der Waals surface area contributed by atoms with Crippen molar-refractivity contribution in [3.63, 3.8) is 0 Å². The van der Waals surface area contributed by atoms with E-state index in [1.807, 2.05) is 0 Å². The molecule has 1 heterocycles. The minimum atomic E-state index is -0.968. The number of aryl methyl sites for hydroxylation is 1. The van der Waals surface area contributed by atoms with E-state index in [2.05, 4.69) is 5.32 Å². The van der Waals surface area contributed by atoms with Crippen molar-refractivity contribution in [1.29, 1.82) is 0 Å². The highest BCUT2D eigenvalue weighted by molar-refractivity contribution is 7.84. The van der Waals surface area contributed by atoms with E-state index in [1.54, 1.807) is 23.3 Å². The fraction of sp³-hybridized carbons (Fsp3) is 0.429. The summed E-state index contributed by atoms with van der Waals surface area (Å²) in [7, 11) is -0.939. The van der Waals surface area contributed by atoms with Crippen LogP contribution in [-0.4, -0.2) is 46.4 Å². The molecule has 2 rings (SSSR count). The molecule has 0 fully saturated rings. The topological polar surface area (TPSA) is 86.7 Å². The molecule has 0 aliphatic carbocycles. The van der Waals surface area contributed by atoms with Crippen LogP contribution in [0.4, 0.5) is 10.5 Å². The van der Waals surface area contributed by atoms with Crippen molar-refractivity contribution in [2.45, 2.75) is 12.8 Å². The van der Waals surface area contributed by atoms with Gasteiger partial charge in [0.05, 0.1) is 5.56 Å². The Labute approximate surface area is 125 Å². The molecule has 0 saturated carbocycles. The number of rotatable bonds is 4. The molecule has 0 saturated heterocycles. The lowest BCUT2D eigenvalue weighted by Gasteiger charge is -2.29. The molecule has 0 aromatic heterocycles. The average Bonchev–Trinajstić information content (AvgIpc) is 2.45. The Morgan fingerprint density at radius 3 is 2.86 bits per heavy atom. The maximum absolute atomic E-state index is 12.2. The third-order valence-corrected chi connectivity index (χ3v) is 4.14. The number of amides is 2. The molecule has 1 atom stereocenters. The molecule has 21 heavy (non-hydrogen) atoms. The van der Waals surface area contributed by atoms with Crippen LogP contribution in [0, 0.1) is 0 Å². The number of aromatic carboxylic acids is 1. The van der Waals surface area contributed by atoms with Gasteiger partial charge in [-0.1, -0.05) is 0 Å². The summed E-state index contributed by atoms with van der Waals surface area (Å²) in [5.74, 6) is -0.547. The second-order valence-electron chi connectivity index (χ2n) is 4.91. The van der Waals surface area contributed by atoms with E-state index >= 15 is 0 Å². The molecule has 1 unspecified atom stereocenters. The Morgan fingerprint density at radius 2 is 2.19 bits per heavy atom. The first kappa shape index (κ1) is 15.5. The second kappa shape index (κ2) is 6.71. The van der Waals surface area contributed by atoms with Gasteiger partial charge in [0, 0.05) is 41.6 Å². The number of hydrogen-bond acceptors (Lipinski definition) is 3. The summed E-state index contributed by atoms with van der Waals surface area (Å²) in [4.78, 5) is 24.8. The van der Waals surface area contributed by atoms with Crippen LogP contribution in [0.3, 0.4) is 0 Å². The number of carbonyl (C=O) groups excluding carboxylic acids is 1. The Bertz CT molecular complexity index is 588. The molecule has 0 radical (unpaired) electrons. The lowest BCUT2D eigenvalue weighted by Crippen LogP contribution is -2.44. The first-order valence-electron chi connectivity index (χ1n) is 6.70. The largest absolute Gasteiger partial charge is 0.478 e. The van der Waals surface area contributed by atoms with E-state index in [4.69, 9.17) is 5.11 Å². The third kappa shape index (κ3) is 3.81. The molecule has 2 amide bonds. The van der Waals surface area contributed by atoms with Crippen molar-refractivity contribution in [2.75, 3.05) is 30.0 Å². The van der Waals surface area contributed by atoms with E-state index in [1.165, 1.54) is 6.07 Å². The Balaban J connectivity index is 2.12. The van der Waals surface area contributed by atoms with Crippen LogP contribution in [0.5, 0.6) is 0 Å². The molecular weight excluding hydrogens is 292 g/mol. The maximum atomic E-state index is 12.2. The number of nitrogens with zero attached hydrogens (tertiary/aromatic N) is 1. The fourth-order valence-corrected chi connectivity index (χ4v) is 2.73. The molecule has 0 spiro atoms. The Hall–Kier alpha value is -1.89. The first-order valence-corrected chi connectivity index (χ1v) is 8.43. The monoisotopic (exact) mass is 310 g/mol. The zero-order valence-electron chi connectivity index (χ0n) is 11.8. The number of urea groups is 1. The zero-order valence-corrected chi connectivity index (χ0v) is 12.6. The van der Waals surface area contributed by atoms with Crippen molar-refractivity contribution >= 4 is 28.5 Å². The van der Waals surface area contributed by atoms with Crippen molar-refractivity contribution in [3.05, 3.63) is 29.3 Å². The van der Waals surface area contributed by atoms with Crippen LogP contribution < -0.4 is 10.2 Å². The number of nitrogens with one attached hydrogen (secondary N) is 1. The molecule has 2 N–H and O–H groups in total. The first-order chi connectivity index (χ1) is 9.99. The number of carboxylic acids is 1. The number of fused-ring (bicyclic) bond motifs is 1. The van der Waals surface area contributed by atoms with E-state index in [0.717, 1.165) is 24.1 Å². The van der Waals surface area contributed by atoms with Gasteiger partial charge in [-0.05, 0) is 36.6 Å². The van der Waals surface area contributed by atoms with E-state index in [9.17, 15) is 13.8 Å². The highest BCUT2D eigenvalue weighted by Gasteiger charge is 2.23. The molecule has 1 aliphatic rings. The molecule has 1 aliphatic heterocycles. The van der Waals surface area contributed by atoms with E-state index in [0.29, 0.717) is 18.8 Å². The van der Waals surface area contributed by atoms with Crippen molar-refractivity contribution in [3.8, 4) is 0 Å². The summed E-state index contributed by atoms with van der Waals surface area (Å²) in [6.45, 7) is 0.960. The smallest absolute Gasteiger partial charge is 0.335 e. The Morgan fingerprint density at radius 1 is 1.43 bits per heavy atom. The van der Waals surface area contributed by atoms with Gasteiger partial charge in [-0.2, -0.15) is 0 Å². The number of carboxylic acid groups (broad SMARTS) is 1. The van der Waals surface area contributed by atoms with Crippen LogP contribution in [-0.2, 0) is 17.2 Å². The van der Waals surface area contributed by atoms with Crippen LogP contribution in [0.25, 0.3) is 0 Å². The van der Waals surface area contributed by atoms with Crippen LogP contribution in [0.1, 0.15) is 22.3 Å². The SMILES string of the molecule is CS(=O)CCNC(=O)N1CCCc2cc(C(=O)O)ccc21. The highest BCUT2D eigenvalue weighted by Crippen LogP contribution is 2.28. The molecule has 7 heteroatoms. The zero-order chi connectivity index (χ0) is 15.4. The number of hydrogen-bond donors (Lipinski definition) is 2. The third-order valence-electron chi connectivity index (χ3n) is 3.36. The summed E-state index contributed by atoms with van der Waals surface area (Å²) in [5, 5.41) is 11.7. The van der Waals surface area contributed by atoms with Crippen molar-refractivity contribution in [2.24, 2.45) is 0 Å². The van der Waals surface area contributed by atoms with Gasteiger partial charge < -0.3 is 10.4 Å². The minimum absolute atomic E-state index is 0.232. The van der Waals surface area contributed by atoms with E-state index in [-0.39, 0.29) is 11.6 Å². The normalized spacial score (nSPS) is 15.2.